The minimum absolute atomic E-state index is 0.906. The lowest BCUT2D eigenvalue weighted by molar-refractivity contribution is 0.694. The van der Waals surface area contributed by atoms with Gasteiger partial charge in [-0.15, -0.1) is 0 Å². The zero-order valence-electron chi connectivity index (χ0n) is 13.5. The summed E-state index contributed by atoms with van der Waals surface area (Å²) in [5.41, 5.74) is 5.45. The van der Waals surface area contributed by atoms with Crippen molar-refractivity contribution in [1.82, 2.24) is 9.88 Å². The summed E-state index contributed by atoms with van der Waals surface area (Å²) in [4.78, 5) is 0. The minimum Gasteiger partial charge on any atom is -0.345 e. The molecule has 2 heteroatoms. The van der Waals surface area contributed by atoms with Crippen molar-refractivity contribution in [3.05, 3.63) is 71.4 Å². The smallest absolute Gasteiger partial charge is 0.0482 e. The molecule has 0 bridgehead atoms. The number of aryl methyl sites for hydroxylation is 2. The van der Waals surface area contributed by atoms with E-state index in [0.29, 0.717) is 0 Å². The van der Waals surface area contributed by atoms with Gasteiger partial charge >= 0.3 is 0 Å². The molecule has 3 rings (SSSR count). The Bertz CT molecular complexity index is 741. The Morgan fingerprint density at radius 2 is 1.64 bits per heavy atom. The zero-order chi connectivity index (χ0) is 15.4. The fourth-order valence-corrected chi connectivity index (χ4v) is 3.10. The van der Waals surface area contributed by atoms with Gasteiger partial charge in [0.15, 0.2) is 0 Å². The third-order valence-corrected chi connectivity index (χ3v) is 4.23. The molecule has 0 aliphatic rings. The van der Waals surface area contributed by atoms with Crippen LogP contribution in [-0.2, 0) is 26.1 Å². The Hall–Kier alpha value is -2.06. The van der Waals surface area contributed by atoms with Crippen molar-refractivity contribution in [3.8, 4) is 0 Å². The van der Waals surface area contributed by atoms with E-state index < -0.39 is 0 Å². The van der Waals surface area contributed by atoms with Crippen LogP contribution < -0.4 is 5.32 Å². The van der Waals surface area contributed by atoms with E-state index in [1.807, 2.05) is 0 Å². The molecule has 3 aromatic rings. The second kappa shape index (κ2) is 6.80. The highest BCUT2D eigenvalue weighted by Gasteiger charge is 2.06. The maximum absolute atomic E-state index is 3.53. The number of aromatic nitrogens is 1. The SMILES string of the molecule is CCc1cc2cc(CNCc3ccccc3)ccc2n1CC. The molecule has 22 heavy (non-hydrogen) atoms. The van der Waals surface area contributed by atoms with Gasteiger partial charge in [-0.2, -0.15) is 0 Å². The first-order valence-electron chi connectivity index (χ1n) is 8.17. The van der Waals surface area contributed by atoms with E-state index in [-0.39, 0.29) is 0 Å². The highest BCUT2D eigenvalue weighted by atomic mass is 15.0. The van der Waals surface area contributed by atoms with Gasteiger partial charge in [-0.1, -0.05) is 43.3 Å². The molecule has 2 nitrogen and oxygen atoms in total. The summed E-state index contributed by atoms with van der Waals surface area (Å²) in [5, 5.41) is 4.88. The van der Waals surface area contributed by atoms with Crippen LogP contribution in [0.25, 0.3) is 10.9 Å². The summed E-state index contributed by atoms with van der Waals surface area (Å²) in [6.45, 7) is 7.30. The van der Waals surface area contributed by atoms with E-state index in [4.69, 9.17) is 0 Å². The molecule has 2 aromatic carbocycles. The maximum atomic E-state index is 3.53. The summed E-state index contributed by atoms with van der Waals surface area (Å²) in [6, 6.07) is 19.7. The topological polar surface area (TPSA) is 17.0 Å². The number of hydrogen-bond acceptors (Lipinski definition) is 1. The van der Waals surface area contributed by atoms with E-state index in [9.17, 15) is 0 Å². The molecule has 0 saturated carbocycles. The van der Waals surface area contributed by atoms with Gasteiger partial charge < -0.3 is 9.88 Å². The van der Waals surface area contributed by atoms with Crippen molar-refractivity contribution >= 4 is 10.9 Å². The van der Waals surface area contributed by atoms with Gasteiger partial charge in [-0.3, -0.25) is 0 Å². The molecule has 1 heterocycles. The quantitative estimate of drug-likeness (QED) is 0.707. The van der Waals surface area contributed by atoms with Gasteiger partial charge in [0.05, 0.1) is 0 Å². The highest BCUT2D eigenvalue weighted by molar-refractivity contribution is 5.82. The van der Waals surface area contributed by atoms with Crippen LogP contribution in [0, 0.1) is 0 Å². The molecule has 1 aromatic heterocycles. The molecule has 0 aliphatic carbocycles. The molecule has 0 atom stereocenters. The van der Waals surface area contributed by atoms with Gasteiger partial charge in [0.2, 0.25) is 0 Å². The van der Waals surface area contributed by atoms with Crippen LogP contribution in [0.3, 0.4) is 0 Å². The normalized spacial score (nSPS) is 11.2. The van der Waals surface area contributed by atoms with Crippen molar-refractivity contribution in [1.29, 1.82) is 0 Å². The van der Waals surface area contributed by atoms with E-state index >= 15 is 0 Å². The van der Waals surface area contributed by atoms with Crippen molar-refractivity contribution in [2.45, 2.75) is 39.9 Å². The third kappa shape index (κ3) is 3.07. The van der Waals surface area contributed by atoms with Crippen molar-refractivity contribution in [2.24, 2.45) is 0 Å². The predicted molar refractivity (Wildman–Crippen MR) is 94.0 cm³/mol. The van der Waals surface area contributed by atoms with Crippen LogP contribution in [0.1, 0.15) is 30.7 Å². The summed E-state index contributed by atoms with van der Waals surface area (Å²) in [7, 11) is 0. The van der Waals surface area contributed by atoms with E-state index in [1.165, 1.54) is 27.7 Å². The molecule has 1 N–H and O–H groups in total. The second-order valence-electron chi connectivity index (χ2n) is 5.72. The first kappa shape index (κ1) is 14.9. The molecule has 0 fully saturated rings. The van der Waals surface area contributed by atoms with Crippen LogP contribution in [-0.4, -0.2) is 4.57 Å². The molecular weight excluding hydrogens is 268 g/mol. The van der Waals surface area contributed by atoms with Crippen molar-refractivity contribution in [2.75, 3.05) is 0 Å². The van der Waals surface area contributed by atoms with Crippen LogP contribution in [0.15, 0.2) is 54.6 Å². The maximum Gasteiger partial charge on any atom is 0.0482 e. The summed E-state index contributed by atoms with van der Waals surface area (Å²) >= 11 is 0. The van der Waals surface area contributed by atoms with Gasteiger partial charge in [0.1, 0.15) is 0 Å². The third-order valence-electron chi connectivity index (χ3n) is 4.23. The van der Waals surface area contributed by atoms with Crippen LogP contribution in [0.5, 0.6) is 0 Å². The Morgan fingerprint density at radius 1 is 0.864 bits per heavy atom. The van der Waals surface area contributed by atoms with Gasteiger partial charge in [-0.25, -0.2) is 0 Å². The Kier molecular flexibility index (Phi) is 4.59. The number of nitrogens with one attached hydrogen (secondary N) is 1. The Balaban J connectivity index is 1.72. The van der Waals surface area contributed by atoms with E-state index in [1.54, 1.807) is 0 Å². The first-order chi connectivity index (χ1) is 10.8. The predicted octanol–water partition coefficient (Wildman–Crippen LogP) is 4.51. The number of benzene rings is 2. The number of hydrogen-bond donors (Lipinski definition) is 1. The Morgan fingerprint density at radius 3 is 2.36 bits per heavy atom. The number of nitrogens with zero attached hydrogens (tertiary/aromatic N) is 1. The van der Waals surface area contributed by atoms with E-state index in [2.05, 4.69) is 78.3 Å². The van der Waals surface area contributed by atoms with Gasteiger partial charge in [0, 0.05) is 36.2 Å². The highest BCUT2D eigenvalue weighted by Crippen LogP contribution is 2.22. The molecule has 0 spiro atoms. The minimum atomic E-state index is 0.906. The van der Waals surface area contributed by atoms with E-state index in [0.717, 1.165) is 26.1 Å². The summed E-state index contributed by atoms with van der Waals surface area (Å²) in [5.74, 6) is 0. The number of rotatable bonds is 6. The van der Waals surface area contributed by atoms with Crippen molar-refractivity contribution < 1.29 is 0 Å². The molecular formula is C20H24N2. The fraction of sp³-hybridized carbons (Fsp3) is 0.300. The lowest BCUT2D eigenvalue weighted by Crippen LogP contribution is -2.12. The van der Waals surface area contributed by atoms with Crippen LogP contribution in [0.4, 0.5) is 0 Å². The Labute approximate surface area is 132 Å². The molecule has 0 aliphatic heterocycles. The molecule has 0 saturated heterocycles. The molecule has 114 valence electrons. The lowest BCUT2D eigenvalue weighted by atomic mass is 10.1. The molecule has 0 radical (unpaired) electrons. The summed E-state index contributed by atoms with van der Waals surface area (Å²) in [6.07, 6.45) is 1.09. The fourth-order valence-electron chi connectivity index (χ4n) is 3.10. The average Bonchev–Trinajstić information content (AvgIpc) is 2.92. The lowest BCUT2D eigenvalue weighted by Gasteiger charge is -2.07. The molecule has 0 amide bonds. The number of fused-ring (bicyclic) bond motifs is 1. The van der Waals surface area contributed by atoms with Crippen LogP contribution in [0.2, 0.25) is 0 Å². The van der Waals surface area contributed by atoms with Gasteiger partial charge in [-0.05, 0) is 42.7 Å². The first-order valence-corrected chi connectivity index (χ1v) is 8.17. The van der Waals surface area contributed by atoms with Crippen molar-refractivity contribution in [3.63, 3.8) is 0 Å². The second-order valence-corrected chi connectivity index (χ2v) is 5.72. The molecule has 0 unspecified atom stereocenters. The van der Waals surface area contributed by atoms with Gasteiger partial charge in [0.25, 0.3) is 0 Å². The monoisotopic (exact) mass is 292 g/mol. The summed E-state index contributed by atoms with van der Waals surface area (Å²) < 4.78 is 2.41. The van der Waals surface area contributed by atoms with Crippen LogP contribution >= 0.6 is 0 Å². The largest absolute Gasteiger partial charge is 0.345 e. The standard InChI is InChI=1S/C20H24N2/c1-3-19-13-18-12-17(10-11-20(18)22(19)4-2)15-21-14-16-8-6-5-7-9-16/h5-13,21H,3-4,14-15H2,1-2H3. The average molecular weight is 292 g/mol. The zero-order valence-corrected chi connectivity index (χ0v) is 13.5.